The van der Waals surface area contributed by atoms with E-state index in [1.807, 2.05) is 0 Å². The first-order chi connectivity index (χ1) is 15.2. The fourth-order valence-electron chi connectivity index (χ4n) is 10.6. The Hall–Kier alpha value is -0.380. The van der Waals surface area contributed by atoms with Crippen LogP contribution in [0.5, 0.6) is 0 Å². The van der Waals surface area contributed by atoms with Crippen LogP contribution >= 0.6 is 0 Å². The van der Waals surface area contributed by atoms with Crippen molar-refractivity contribution in [2.75, 3.05) is 6.61 Å². The summed E-state index contributed by atoms with van der Waals surface area (Å²) in [7, 11) is 0. The van der Waals surface area contributed by atoms with E-state index < -0.39 is 0 Å². The van der Waals surface area contributed by atoms with Crippen molar-refractivity contribution >= 4 is 0 Å². The van der Waals surface area contributed by atoms with E-state index in [0.717, 1.165) is 38.5 Å². The van der Waals surface area contributed by atoms with Gasteiger partial charge in [-0.2, -0.15) is 0 Å². The summed E-state index contributed by atoms with van der Waals surface area (Å²) in [6, 6.07) is 0. The van der Waals surface area contributed by atoms with Gasteiger partial charge < -0.3 is 15.3 Å². The molecule has 4 fully saturated rings. The Kier molecular flexibility index (Phi) is 5.23. The van der Waals surface area contributed by atoms with Gasteiger partial charge in [0.1, 0.15) is 0 Å². The molecule has 0 aromatic carbocycles. The summed E-state index contributed by atoms with van der Waals surface area (Å²) in [5.74, 6) is 1.56. The maximum absolute atomic E-state index is 10.9. The summed E-state index contributed by atoms with van der Waals surface area (Å²) in [5, 5.41) is 32.3. The van der Waals surface area contributed by atoms with Crippen LogP contribution in [0, 0.1) is 50.2 Å². The Bertz CT molecular complexity index is 847. The Morgan fingerprint density at radius 1 is 0.818 bits per heavy atom. The first-order valence-electron chi connectivity index (χ1n) is 13.9. The molecule has 188 valence electrons. The number of aliphatic hydroxyl groups is 3. The summed E-state index contributed by atoms with van der Waals surface area (Å²) in [5.41, 5.74) is 2.16. The van der Waals surface area contributed by atoms with Crippen LogP contribution in [0.4, 0.5) is 0 Å². The highest BCUT2D eigenvalue weighted by molar-refractivity contribution is 5.33. The molecule has 0 spiro atoms. The standard InChI is InChI=1S/C30H50O3/c1-25(2)16-20-19-8-9-22-27(4)12-11-23(32)28(5,18-31)21(27)10-13-30(22,7)29(19,6)15-14-26(20,3)17-24(25)33/h8,20-24,31-33H,9-18H2,1-7H3/t20-,21?,22?,23-,24?,26-,27-,28+,29?,30+/m0/s1. The van der Waals surface area contributed by atoms with Crippen LogP contribution in [0.1, 0.15) is 106 Å². The highest BCUT2D eigenvalue weighted by Crippen LogP contribution is 2.75. The average Bonchev–Trinajstić information content (AvgIpc) is 2.73. The minimum atomic E-state index is -0.388. The molecule has 5 rings (SSSR count). The van der Waals surface area contributed by atoms with Crippen molar-refractivity contribution in [3.8, 4) is 0 Å². The largest absolute Gasteiger partial charge is 0.396 e. The van der Waals surface area contributed by atoms with E-state index in [-0.39, 0.29) is 51.3 Å². The van der Waals surface area contributed by atoms with Crippen LogP contribution in [-0.2, 0) is 0 Å². The van der Waals surface area contributed by atoms with Crippen molar-refractivity contribution in [2.24, 2.45) is 50.2 Å². The molecule has 0 heterocycles. The minimum absolute atomic E-state index is 0.0207. The molecule has 3 N–H and O–H groups in total. The molecule has 33 heavy (non-hydrogen) atoms. The molecule has 0 aromatic heterocycles. The summed E-state index contributed by atoms with van der Waals surface area (Å²) in [6.45, 7) is 16.9. The molecule has 4 unspecified atom stereocenters. The van der Waals surface area contributed by atoms with Gasteiger partial charge in [0.2, 0.25) is 0 Å². The summed E-state index contributed by atoms with van der Waals surface area (Å²) >= 11 is 0. The summed E-state index contributed by atoms with van der Waals surface area (Å²) in [4.78, 5) is 0. The Balaban J connectivity index is 1.57. The third kappa shape index (κ3) is 2.91. The third-order valence-electron chi connectivity index (χ3n) is 13.3. The van der Waals surface area contributed by atoms with E-state index in [1.54, 1.807) is 5.57 Å². The molecule has 0 bridgehead atoms. The van der Waals surface area contributed by atoms with Crippen molar-refractivity contribution < 1.29 is 15.3 Å². The topological polar surface area (TPSA) is 60.7 Å². The lowest BCUT2D eigenvalue weighted by Gasteiger charge is -2.71. The van der Waals surface area contributed by atoms with Gasteiger partial charge in [-0.3, -0.25) is 0 Å². The van der Waals surface area contributed by atoms with Crippen LogP contribution in [0.3, 0.4) is 0 Å². The maximum atomic E-state index is 10.9. The molecule has 0 aromatic rings. The quantitative estimate of drug-likeness (QED) is 0.415. The Labute approximate surface area is 202 Å². The average molecular weight is 459 g/mol. The van der Waals surface area contributed by atoms with Crippen LogP contribution in [0.15, 0.2) is 11.6 Å². The van der Waals surface area contributed by atoms with Gasteiger partial charge in [-0.1, -0.05) is 60.1 Å². The summed E-state index contributed by atoms with van der Waals surface area (Å²) < 4.78 is 0. The van der Waals surface area contributed by atoms with Gasteiger partial charge in [-0.15, -0.1) is 0 Å². The molecule has 5 aliphatic carbocycles. The van der Waals surface area contributed by atoms with Crippen molar-refractivity contribution in [3.05, 3.63) is 11.6 Å². The molecule has 0 amide bonds. The number of hydrogen-bond donors (Lipinski definition) is 3. The Morgan fingerprint density at radius 2 is 1.52 bits per heavy atom. The molecule has 3 heteroatoms. The lowest BCUT2D eigenvalue weighted by Crippen LogP contribution is -2.65. The molecular formula is C30H50O3. The molecule has 5 aliphatic rings. The molecular weight excluding hydrogens is 408 g/mol. The van der Waals surface area contributed by atoms with E-state index in [2.05, 4.69) is 54.5 Å². The fourth-order valence-corrected chi connectivity index (χ4v) is 10.6. The zero-order valence-electron chi connectivity index (χ0n) is 22.4. The van der Waals surface area contributed by atoms with E-state index in [9.17, 15) is 15.3 Å². The minimum Gasteiger partial charge on any atom is -0.396 e. The maximum Gasteiger partial charge on any atom is 0.0618 e. The lowest BCUT2D eigenvalue weighted by molar-refractivity contribution is -0.216. The van der Waals surface area contributed by atoms with E-state index in [0.29, 0.717) is 17.8 Å². The zero-order chi connectivity index (χ0) is 24.2. The van der Waals surface area contributed by atoms with Gasteiger partial charge in [0.15, 0.2) is 0 Å². The van der Waals surface area contributed by atoms with Crippen molar-refractivity contribution in [2.45, 2.75) is 118 Å². The monoisotopic (exact) mass is 458 g/mol. The lowest BCUT2D eigenvalue weighted by atomic mass is 9.33. The predicted octanol–water partition coefficient (Wildman–Crippen LogP) is 6.11. The SMILES string of the molecule is CC1(C)C[C@H]2C3=CCC4[C@@]5(C)CC[C@H](O)[C@](C)(CO)C5CC[C@@]4(C)C3(C)CC[C@@]2(C)CC1O. The summed E-state index contributed by atoms with van der Waals surface area (Å²) in [6.07, 6.45) is 11.9. The van der Waals surface area contributed by atoms with Crippen molar-refractivity contribution in [1.29, 1.82) is 0 Å². The highest BCUT2D eigenvalue weighted by Gasteiger charge is 2.68. The van der Waals surface area contributed by atoms with Gasteiger partial charge in [-0.05, 0) is 103 Å². The van der Waals surface area contributed by atoms with Gasteiger partial charge >= 0.3 is 0 Å². The van der Waals surface area contributed by atoms with Crippen LogP contribution in [0.25, 0.3) is 0 Å². The van der Waals surface area contributed by atoms with Gasteiger partial charge in [-0.25, -0.2) is 0 Å². The predicted molar refractivity (Wildman–Crippen MR) is 134 cm³/mol. The second kappa shape index (κ2) is 7.10. The molecule has 0 aliphatic heterocycles. The molecule has 4 saturated carbocycles. The van der Waals surface area contributed by atoms with E-state index in [1.165, 1.54) is 19.3 Å². The number of allylic oxidation sites excluding steroid dienone is 2. The fraction of sp³-hybridized carbons (Fsp3) is 0.933. The third-order valence-corrected chi connectivity index (χ3v) is 13.3. The van der Waals surface area contributed by atoms with E-state index in [4.69, 9.17) is 0 Å². The van der Waals surface area contributed by atoms with Gasteiger partial charge in [0, 0.05) is 5.41 Å². The van der Waals surface area contributed by atoms with Crippen molar-refractivity contribution in [3.63, 3.8) is 0 Å². The van der Waals surface area contributed by atoms with Gasteiger partial charge in [0.25, 0.3) is 0 Å². The smallest absolute Gasteiger partial charge is 0.0618 e. The second-order valence-corrected chi connectivity index (χ2v) is 15.1. The van der Waals surface area contributed by atoms with Crippen LogP contribution in [-0.4, -0.2) is 34.1 Å². The van der Waals surface area contributed by atoms with Crippen LogP contribution < -0.4 is 0 Å². The van der Waals surface area contributed by atoms with Gasteiger partial charge in [0.05, 0.1) is 18.8 Å². The molecule has 3 nitrogen and oxygen atoms in total. The number of fused-ring (bicyclic) bond motifs is 7. The number of aliphatic hydroxyl groups excluding tert-OH is 3. The van der Waals surface area contributed by atoms with Crippen LogP contribution in [0.2, 0.25) is 0 Å². The second-order valence-electron chi connectivity index (χ2n) is 15.1. The number of rotatable bonds is 1. The number of hydrogen-bond acceptors (Lipinski definition) is 3. The highest BCUT2D eigenvalue weighted by atomic mass is 16.3. The molecule has 10 atom stereocenters. The molecule has 0 radical (unpaired) electrons. The first-order valence-corrected chi connectivity index (χ1v) is 13.9. The normalized spacial score (nSPS) is 57.8. The Morgan fingerprint density at radius 3 is 2.18 bits per heavy atom. The first kappa shape index (κ1) is 24.3. The molecule has 0 saturated heterocycles. The van der Waals surface area contributed by atoms with Crippen molar-refractivity contribution in [1.82, 2.24) is 0 Å². The van der Waals surface area contributed by atoms with E-state index >= 15 is 0 Å². The zero-order valence-corrected chi connectivity index (χ0v) is 22.4.